The molecule has 1 aliphatic heterocycles. The second-order valence-corrected chi connectivity index (χ2v) is 8.92. The minimum atomic E-state index is 0.0820. The number of rotatable bonds is 9. The van der Waals surface area contributed by atoms with Crippen molar-refractivity contribution in [1.82, 2.24) is 9.80 Å². The van der Waals surface area contributed by atoms with Crippen molar-refractivity contribution >= 4 is 11.8 Å². The first kappa shape index (κ1) is 21.9. The number of benzene rings is 1. The lowest BCUT2D eigenvalue weighted by Gasteiger charge is -2.36. The van der Waals surface area contributed by atoms with Gasteiger partial charge in [-0.25, -0.2) is 0 Å². The normalized spacial score (nSPS) is 19.2. The van der Waals surface area contributed by atoms with Gasteiger partial charge < -0.3 is 9.80 Å². The van der Waals surface area contributed by atoms with Gasteiger partial charge in [-0.2, -0.15) is 0 Å². The summed E-state index contributed by atoms with van der Waals surface area (Å²) in [5, 5.41) is 0. The van der Waals surface area contributed by atoms with E-state index >= 15 is 0 Å². The Hall–Kier alpha value is -1.84. The fourth-order valence-corrected chi connectivity index (χ4v) is 5.00. The van der Waals surface area contributed by atoms with Crippen LogP contribution in [-0.2, 0) is 16.0 Å². The fourth-order valence-electron chi connectivity index (χ4n) is 5.00. The van der Waals surface area contributed by atoms with E-state index in [1.807, 2.05) is 15.9 Å². The molecule has 0 N–H and O–H groups in total. The molecule has 2 amide bonds. The molecule has 1 fully saturated rings. The van der Waals surface area contributed by atoms with Gasteiger partial charge in [0.25, 0.3) is 0 Å². The van der Waals surface area contributed by atoms with Gasteiger partial charge >= 0.3 is 0 Å². The summed E-state index contributed by atoms with van der Waals surface area (Å²) in [4.78, 5) is 29.9. The Kier molecular flexibility index (Phi) is 8.14. The maximum atomic E-state index is 13.2. The van der Waals surface area contributed by atoms with Crippen molar-refractivity contribution in [3.8, 4) is 0 Å². The number of carbonyl (C=O) groups excluding carboxylic acids is 2. The summed E-state index contributed by atoms with van der Waals surface area (Å²) >= 11 is 0. The van der Waals surface area contributed by atoms with Gasteiger partial charge in [0.05, 0.1) is 12.6 Å². The van der Waals surface area contributed by atoms with Crippen LogP contribution in [0.2, 0.25) is 0 Å². The first-order valence-electron chi connectivity index (χ1n) is 11.7. The maximum Gasteiger partial charge on any atom is 0.242 e. The van der Waals surface area contributed by atoms with E-state index in [0.29, 0.717) is 18.9 Å². The third-order valence-electron chi connectivity index (χ3n) is 6.87. The highest BCUT2D eigenvalue weighted by molar-refractivity contribution is 5.85. The van der Waals surface area contributed by atoms with E-state index in [2.05, 4.69) is 32.0 Å². The molecule has 4 nitrogen and oxygen atoms in total. The van der Waals surface area contributed by atoms with Crippen molar-refractivity contribution in [2.24, 2.45) is 5.92 Å². The predicted molar refractivity (Wildman–Crippen MR) is 118 cm³/mol. The first-order valence-corrected chi connectivity index (χ1v) is 11.7. The standard InChI is InChI=1S/C25H38N2O2/c1-3-4-9-17-26(24(28)15-14-21-10-5-6-11-21)19-25(29)27-18-16-22-12-7-8-13-23(22)20(27)2/h7-8,12-13,20-21H,3-6,9-11,14-19H2,1-2H3. The summed E-state index contributed by atoms with van der Waals surface area (Å²) in [7, 11) is 0. The number of carbonyl (C=O) groups is 2. The van der Waals surface area contributed by atoms with Crippen LogP contribution in [0.25, 0.3) is 0 Å². The number of hydrogen-bond donors (Lipinski definition) is 0. The van der Waals surface area contributed by atoms with Crippen molar-refractivity contribution in [3.63, 3.8) is 0 Å². The molecule has 0 saturated heterocycles. The highest BCUT2D eigenvalue weighted by atomic mass is 16.2. The Morgan fingerprint density at radius 1 is 1.14 bits per heavy atom. The zero-order valence-corrected chi connectivity index (χ0v) is 18.4. The maximum absolute atomic E-state index is 13.2. The van der Waals surface area contributed by atoms with Crippen LogP contribution in [-0.4, -0.2) is 41.2 Å². The Morgan fingerprint density at radius 2 is 1.90 bits per heavy atom. The van der Waals surface area contributed by atoms with Crippen LogP contribution < -0.4 is 0 Å². The van der Waals surface area contributed by atoms with Crippen LogP contribution in [0.4, 0.5) is 0 Å². The second-order valence-electron chi connectivity index (χ2n) is 8.92. The van der Waals surface area contributed by atoms with E-state index in [1.165, 1.54) is 36.8 Å². The summed E-state index contributed by atoms with van der Waals surface area (Å²) in [6.07, 6.45) is 10.9. The lowest BCUT2D eigenvalue weighted by atomic mass is 9.93. The van der Waals surface area contributed by atoms with Crippen molar-refractivity contribution in [3.05, 3.63) is 35.4 Å². The Balaban J connectivity index is 1.60. The van der Waals surface area contributed by atoms with Gasteiger partial charge in [0.2, 0.25) is 11.8 Å². The molecule has 0 spiro atoms. The lowest BCUT2D eigenvalue weighted by Crippen LogP contribution is -2.46. The molecule has 1 atom stereocenters. The van der Waals surface area contributed by atoms with E-state index in [-0.39, 0.29) is 24.4 Å². The first-order chi connectivity index (χ1) is 14.1. The third kappa shape index (κ3) is 5.83. The molecule has 2 aliphatic rings. The van der Waals surface area contributed by atoms with Crippen molar-refractivity contribution in [2.45, 2.75) is 84.1 Å². The number of amides is 2. The van der Waals surface area contributed by atoms with Crippen LogP contribution in [0.1, 0.15) is 88.8 Å². The fraction of sp³-hybridized carbons (Fsp3) is 0.680. The summed E-state index contributed by atoms with van der Waals surface area (Å²) in [6.45, 7) is 5.97. The summed E-state index contributed by atoms with van der Waals surface area (Å²) < 4.78 is 0. The quantitative estimate of drug-likeness (QED) is 0.542. The number of hydrogen-bond acceptors (Lipinski definition) is 2. The average molecular weight is 399 g/mol. The van der Waals surface area contributed by atoms with Crippen LogP contribution in [0.3, 0.4) is 0 Å². The molecular weight excluding hydrogens is 360 g/mol. The molecule has 1 aliphatic carbocycles. The SMILES string of the molecule is CCCCCN(CC(=O)N1CCc2ccccc2C1C)C(=O)CCC1CCCC1. The minimum Gasteiger partial charge on any atom is -0.334 e. The molecule has 3 rings (SSSR count). The third-order valence-corrected chi connectivity index (χ3v) is 6.87. The van der Waals surface area contributed by atoms with Crippen LogP contribution in [0.5, 0.6) is 0 Å². The highest BCUT2D eigenvalue weighted by Gasteiger charge is 2.29. The van der Waals surface area contributed by atoms with Crippen LogP contribution in [0.15, 0.2) is 24.3 Å². The van der Waals surface area contributed by atoms with E-state index in [1.54, 1.807) is 0 Å². The molecule has 0 aromatic heterocycles. The highest BCUT2D eigenvalue weighted by Crippen LogP contribution is 2.30. The van der Waals surface area contributed by atoms with Gasteiger partial charge in [0, 0.05) is 19.5 Å². The summed E-state index contributed by atoms with van der Waals surface area (Å²) in [6, 6.07) is 8.50. The summed E-state index contributed by atoms with van der Waals surface area (Å²) in [5.41, 5.74) is 2.59. The second kappa shape index (κ2) is 10.8. The zero-order valence-electron chi connectivity index (χ0n) is 18.4. The largest absolute Gasteiger partial charge is 0.334 e. The van der Waals surface area contributed by atoms with Gasteiger partial charge in [0.15, 0.2) is 0 Å². The van der Waals surface area contributed by atoms with Gasteiger partial charge in [-0.3, -0.25) is 9.59 Å². The summed E-state index contributed by atoms with van der Waals surface area (Å²) in [5.74, 6) is 0.981. The van der Waals surface area contributed by atoms with Crippen LogP contribution in [0, 0.1) is 5.92 Å². The van der Waals surface area contributed by atoms with E-state index in [4.69, 9.17) is 0 Å². The van der Waals surface area contributed by atoms with E-state index in [0.717, 1.165) is 38.6 Å². The van der Waals surface area contributed by atoms with Gasteiger partial charge in [-0.1, -0.05) is 69.7 Å². The smallest absolute Gasteiger partial charge is 0.242 e. The number of unbranched alkanes of at least 4 members (excludes halogenated alkanes) is 2. The van der Waals surface area contributed by atoms with Crippen molar-refractivity contribution in [1.29, 1.82) is 0 Å². The van der Waals surface area contributed by atoms with E-state index in [9.17, 15) is 9.59 Å². The molecule has 160 valence electrons. The average Bonchev–Trinajstić information content (AvgIpc) is 3.25. The van der Waals surface area contributed by atoms with E-state index < -0.39 is 0 Å². The lowest BCUT2D eigenvalue weighted by molar-refractivity contribution is -0.142. The molecule has 1 aromatic rings. The monoisotopic (exact) mass is 398 g/mol. The molecule has 1 heterocycles. The molecular formula is C25H38N2O2. The number of fused-ring (bicyclic) bond motifs is 1. The zero-order chi connectivity index (χ0) is 20.6. The Bertz CT molecular complexity index is 681. The topological polar surface area (TPSA) is 40.6 Å². The number of nitrogens with zero attached hydrogens (tertiary/aromatic N) is 2. The molecule has 29 heavy (non-hydrogen) atoms. The molecule has 4 heteroatoms. The molecule has 1 aromatic carbocycles. The Morgan fingerprint density at radius 3 is 2.66 bits per heavy atom. The van der Waals surface area contributed by atoms with Gasteiger partial charge in [0.1, 0.15) is 0 Å². The molecule has 0 bridgehead atoms. The van der Waals surface area contributed by atoms with Gasteiger partial charge in [-0.15, -0.1) is 0 Å². The molecule has 1 saturated carbocycles. The molecule has 0 radical (unpaired) electrons. The Labute approximate surface area is 176 Å². The predicted octanol–water partition coefficient (Wildman–Crippen LogP) is 5.12. The van der Waals surface area contributed by atoms with Gasteiger partial charge in [-0.05, 0) is 43.2 Å². The van der Waals surface area contributed by atoms with Crippen molar-refractivity contribution < 1.29 is 9.59 Å². The van der Waals surface area contributed by atoms with Crippen LogP contribution >= 0.6 is 0 Å². The van der Waals surface area contributed by atoms with Crippen molar-refractivity contribution in [2.75, 3.05) is 19.6 Å². The molecule has 1 unspecified atom stereocenters. The minimum absolute atomic E-state index is 0.0820.